The predicted molar refractivity (Wildman–Crippen MR) is 74.8 cm³/mol. The Morgan fingerprint density at radius 1 is 1.42 bits per heavy atom. The number of benzene rings is 1. The second-order valence-electron chi connectivity index (χ2n) is 4.35. The first-order valence-electron chi connectivity index (χ1n) is 5.93. The van der Waals surface area contributed by atoms with Crippen LogP contribution < -0.4 is 5.43 Å². The van der Waals surface area contributed by atoms with E-state index < -0.39 is 5.79 Å². The van der Waals surface area contributed by atoms with Crippen molar-refractivity contribution in [3.63, 3.8) is 0 Å². The minimum Gasteiger partial charge on any atom is -0.347 e. The largest absolute Gasteiger partial charge is 0.347 e. The maximum atomic E-state index is 11.7. The summed E-state index contributed by atoms with van der Waals surface area (Å²) < 4.78 is 11.7. The zero-order valence-corrected chi connectivity index (χ0v) is 12.1. The number of halogens is 1. The molecule has 1 heterocycles. The van der Waals surface area contributed by atoms with Crippen molar-refractivity contribution in [1.82, 2.24) is 5.43 Å². The Labute approximate surface area is 120 Å². The number of carbonyl (C=O) groups excluding carboxylic acids is 1. The van der Waals surface area contributed by atoms with Crippen LogP contribution in [0.1, 0.15) is 18.9 Å². The predicted octanol–water partition coefficient (Wildman–Crippen LogP) is 2.05. The molecule has 1 amide bonds. The van der Waals surface area contributed by atoms with Gasteiger partial charge in [0.15, 0.2) is 5.79 Å². The van der Waals surface area contributed by atoms with Crippen molar-refractivity contribution in [3.05, 3.63) is 34.3 Å². The lowest BCUT2D eigenvalue weighted by molar-refractivity contribution is -0.159. The lowest BCUT2D eigenvalue weighted by Gasteiger charge is -2.20. The van der Waals surface area contributed by atoms with Gasteiger partial charge in [0.25, 0.3) is 0 Å². The van der Waals surface area contributed by atoms with Crippen LogP contribution in [0.4, 0.5) is 0 Å². The van der Waals surface area contributed by atoms with Crippen LogP contribution in [0.5, 0.6) is 0 Å². The van der Waals surface area contributed by atoms with Crippen LogP contribution in [-0.4, -0.2) is 31.1 Å². The first-order chi connectivity index (χ1) is 9.07. The Hall–Kier alpha value is -1.24. The van der Waals surface area contributed by atoms with E-state index in [1.54, 1.807) is 13.1 Å². The molecule has 0 radical (unpaired) electrons. The molecule has 0 saturated carbocycles. The van der Waals surface area contributed by atoms with Crippen LogP contribution in [-0.2, 0) is 14.3 Å². The minimum absolute atomic E-state index is 0.130. The standard InChI is InChI=1S/C13H15BrN2O3/c1-13(18-6-7-19-13)8-12(17)16-15-9-10-2-4-11(14)5-3-10/h2-5,9H,6-8H2,1H3,(H,16,17). The van der Waals surface area contributed by atoms with Crippen LogP contribution in [0, 0.1) is 0 Å². The maximum absolute atomic E-state index is 11.7. The molecular formula is C13H15BrN2O3. The van der Waals surface area contributed by atoms with E-state index in [9.17, 15) is 4.79 Å². The molecule has 1 aromatic carbocycles. The van der Waals surface area contributed by atoms with E-state index in [1.165, 1.54) is 0 Å². The summed E-state index contributed by atoms with van der Waals surface area (Å²) in [6, 6.07) is 7.60. The molecule has 0 spiro atoms. The fourth-order valence-electron chi connectivity index (χ4n) is 1.72. The first kappa shape index (κ1) is 14.2. The van der Waals surface area contributed by atoms with Gasteiger partial charge in [0.05, 0.1) is 25.8 Å². The SMILES string of the molecule is CC1(CC(=O)NN=Cc2ccc(Br)cc2)OCCO1. The Balaban J connectivity index is 1.81. The molecule has 0 unspecified atom stereocenters. The Morgan fingerprint density at radius 2 is 2.05 bits per heavy atom. The zero-order valence-electron chi connectivity index (χ0n) is 10.6. The molecule has 0 aliphatic carbocycles. The second kappa shape index (κ2) is 6.27. The number of carbonyl (C=O) groups is 1. The van der Waals surface area contributed by atoms with Crippen molar-refractivity contribution in [2.24, 2.45) is 5.10 Å². The highest BCUT2D eigenvalue weighted by Gasteiger charge is 2.33. The average molecular weight is 327 g/mol. The number of nitrogens with one attached hydrogen (secondary N) is 1. The molecule has 1 aliphatic heterocycles. The molecule has 1 fully saturated rings. The average Bonchev–Trinajstić information content (AvgIpc) is 2.78. The molecule has 0 atom stereocenters. The van der Waals surface area contributed by atoms with E-state index in [4.69, 9.17) is 9.47 Å². The lowest BCUT2D eigenvalue weighted by Crippen LogP contribution is -2.33. The molecule has 1 aromatic rings. The Morgan fingerprint density at radius 3 is 2.68 bits per heavy atom. The van der Waals surface area contributed by atoms with Crippen LogP contribution in [0.25, 0.3) is 0 Å². The number of amides is 1. The van der Waals surface area contributed by atoms with Crippen molar-refractivity contribution in [1.29, 1.82) is 0 Å². The highest BCUT2D eigenvalue weighted by Crippen LogP contribution is 2.22. The molecule has 19 heavy (non-hydrogen) atoms. The summed E-state index contributed by atoms with van der Waals surface area (Å²) in [6.45, 7) is 2.79. The maximum Gasteiger partial charge on any atom is 0.245 e. The molecule has 1 N–H and O–H groups in total. The van der Waals surface area contributed by atoms with Crippen LogP contribution in [0.15, 0.2) is 33.8 Å². The molecule has 0 aromatic heterocycles. The number of rotatable bonds is 4. The van der Waals surface area contributed by atoms with E-state index in [-0.39, 0.29) is 12.3 Å². The van der Waals surface area contributed by atoms with Gasteiger partial charge in [-0.15, -0.1) is 0 Å². The summed E-state index contributed by atoms with van der Waals surface area (Å²) in [6.07, 6.45) is 1.72. The normalized spacial score (nSPS) is 17.8. The lowest BCUT2D eigenvalue weighted by atomic mass is 10.2. The van der Waals surface area contributed by atoms with Crippen molar-refractivity contribution in [3.8, 4) is 0 Å². The molecule has 6 heteroatoms. The van der Waals surface area contributed by atoms with E-state index in [1.807, 2.05) is 24.3 Å². The summed E-state index contributed by atoms with van der Waals surface area (Å²) in [4.78, 5) is 11.7. The summed E-state index contributed by atoms with van der Waals surface area (Å²) in [5.41, 5.74) is 3.36. The summed E-state index contributed by atoms with van der Waals surface area (Å²) in [5.74, 6) is -1.06. The molecule has 102 valence electrons. The number of hydrazone groups is 1. The summed E-state index contributed by atoms with van der Waals surface area (Å²) in [5, 5.41) is 3.89. The second-order valence-corrected chi connectivity index (χ2v) is 5.27. The van der Waals surface area contributed by atoms with Gasteiger partial charge in [-0.1, -0.05) is 28.1 Å². The summed E-state index contributed by atoms with van der Waals surface area (Å²) in [7, 11) is 0. The van der Waals surface area contributed by atoms with Gasteiger partial charge in [-0.2, -0.15) is 5.10 Å². The van der Waals surface area contributed by atoms with E-state index >= 15 is 0 Å². The molecule has 5 nitrogen and oxygen atoms in total. The van der Waals surface area contributed by atoms with Gasteiger partial charge in [0.1, 0.15) is 0 Å². The molecule has 1 aliphatic rings. The van der Waals surface area contributed by atoms with Crippen LogP contribution in [0.2, 0.25) is 0 Å². The smallest absolute Gasteiger partial charge is 0.245 e. The van der Waals surface area contributed by atoms with Gasteiger partial charge in [0.2, 0.25) is 5.91 Å². The number of nitrogens with zero attached hydrogens (tertiary/aromatic N) is 1. The van der Waals surface area contributed by atoms with Crippen molar-refractivity contribution >= 4 is 28.1 Å². The topological polar surface area (TPSA) is 59.9 Å². The fraction of sp³-hybridized carbons (Fsp3) is 0.385. The van der Waals surface area contributed by atoms with Crippen molar-refractivity contribution < 1.29 is 14.3 Å². The third-order valence-corrected chi connectivity index (χ3v) is 3.18. The number of hydrogen-bond acceptors (Lipinski definition) is 4. The summed E-state index contributed by atoms with van der Waals surface area (Å²) >= 11 is 3.35. The van der Waals surface area contributed by atoms with E-state index in [0.717, 1.165) is 10.0 Å². The van der Waals surface area contributed by atoms with Crippen molar-refractivity contribution in [2.45, 2.75) is 19.1 Å². The van der Waals surface area contributed by atoms with Gasteiger partial charge in [-0.3, -0.25) is 4.79 Å². The Bertz CT molecular complexity index is 467. The van der Waals surface area contributed by atoms with E-state index in [0.29, 0.717) is 13.2 Å². The molecule has 2 rings (SSSR count). The van der Waals surface area contributed by atoms with Crippen LogP contribution in [0.3, 0.4) is 0 Å². The van der Waals surface area contributed by atoms with Crippen LogP contribution >= 0.6 is 15.9 Å². The quantitative estimate of drug-likeness (QED) is 0.680. The molecule has 1 saturated heterocycles. The highest BCUT2D eigenvalue weighted by atomic mass is 79.9. The highest BCUT2D eigenvalue weighted by molar-refractivity contribution is 9.10. The first-order valence-corrected chi connectivity index (χ1v) is 6.72. The fourth-order valence-corrected chi connectivity index (χ4v) is 1.98. The third kappa shape index (κ3) is 4.41. The van der Waals surface area contributed by atoms with E-state index in [2.05, 4.69) is 26.5 Å². The van der Waals surface area contributed by atoms with Gasteiger partial charge < -0.3 is 9.47 Å². The number of ether oxygens (including phenoxy) is 2. The van der Waals surface area contributed by atoms with Crippen molar-refractivity contribution in [2.75, 3.05) is 13.2 Å². The third-order valence-electron chi connectivity index (χ3n) is 2.65. The van der Waals surface area contributed by atoms with Gasteiger partial charge in [-0.05, 0) is 24.6 Å². The van der Waals surface area contributed by atoms with Gasteiger partial charge in [0, 0.05) is 4.47 Å². The van der Waals surface area contributed by atoms with Gasteiger partial charge in [-0.25, -0.2) is 5.43 Å². The molecule has 0 bridgehead atoms. The minimum atomic E-state index is -0.822. The monoisotopic (exact) mass is 326 g/mol. The number of hydrogen-bond donors (Lipinski definition) is 1. The zero-order chi connectivity index (χ0) is 13.7. The Kier molecular flexibility index (Phi) is 4.68. The van der Waals surface area contributed by atoms with Gasteiger partial charge >= 0.3 is 0 Å². The molecular weight excluding hydrogens is 312 g/mol.